The number of benzene rings is 2. The van der Waals surface area contributed by atoms with Gasteiger partial charge < -0.3 is 10.2 Å². The summed E-state index contributed by atoms with van der Waals surface area (Å²) in [5.41, 5.74) is 7.51. The molecule has 2 N–H and O–H groups in total. The van der Waals surface area contributed by atoms with Gasteiger partial charge in [0.15, 0.2) is 0 Å². The van der Waals surface area contributed by atoms with E-state index < -0.39 is 0 Å². The van der Waals surface area contributed by atoms with Crippen LogP contribution in [0.3, 0.4) is 0 Å². The van der Waals surface area contributed by atoms with Crippen molar-refractivity contribution in [1.82, 2.24) is 0 Å². The summed E-state index contributed by atoms with van der Waals surface area (Å²) in [6.45, 7) is 11.0. The Kier molecular flexibility index (Phi) is 8.41. The average Bonchev–Trinajstić information content (AvgIpc) is 2.67. The maximum atomic E-state index is 10.4. The highest BCUT2D eigenvalue weighted by atomic mass is 16.3. The van der Waals surface area contributed by atoms with E-state index in [2.05, 4.69) is 34.6 Å². The van der Waals surface area contributed by atoms with Gasteiger partial charge in [-0.15, -0.1) is 0 Å². The molecule has 0 bridgehead atoms. The highest BCUT2D eigenvalue weighted by Gasteiger charge is 2.22. The van der Waals surface area contributed by atoms with E-state index in [1.54, 1.807) is 0 Å². The van der Waals surface area contributed by atoms with Crippen LogP contribution in [-0.2, 0) is 12.8 Å². The molecule has 0 aliphatic rings. The van der Waals surface area contributed by atoms with Gasteiger partial charge in [0.25, 0.3) is 0 Å². The van der Waals surface area contributed by atoms with Crippen LogP contribution in [-0.4, -0.2) is 10.2 Å². The zero-order valence-electron chi connectivity index (χ0n) is 18.4. The van der Waals surface area contributed by atoms with Gasteiger partial charge in [0.05, 0.1) is 0 Å². The van der Waals surface area contributed by atoms with Crippen molar-refractivity contribution in [2.45, 2.75) is 91.9 Å². The minimum Gasteiger partial charge on any atom is -0.508 e. The lowest BCUT2D eigenvalue weighted by molar-refractivity contribution is 0.471. The molecular weight excluding hydrogens is 344 g/mol. The quantitative estimate of drug-likeness (QED) is 0.451. The lowest BCUT2D eigenvalue weighted by Gasteiger charge is -2.25. The minimum atomic E-state index is 0.199. The van der Waals surface area contributed by atoms with Gasteiger partial charge in [0.1, 0.15) is 11.5 Å². The minimum absolute atomic E-state index is 0.199. The van der Waals surface area contributed by atoms with Crippen LogP contribution in [0.4, 0.5) is 0 Å². The van der Waals surface area contributed by atoms with Crippen LogP contribution in [0.2, 0.25) is 0 Å². The number of hydrogen-bond acceptors (Lipinski definition) is 2. The van der Waals surface area contributed by atoms with Crippen LogP contribution >= 0.6 is 0 Å². The molecule has 0 saturated carbocycles. The molecule has 0 aliphatic carbocycles. The average molecular weight is 383 g/mol. The van der Waals surface area contributed by atoms with Gasteiger partial charge in [-0.25, -0.2) is 0 Å². The van der Waals surface area contributed by atoms with Gasteiger partial charge in [0.2, 0.25) is 0 Å². The van der Waals surface area contributed by atoms with E-state index in [1.807, 2.05) is 24.3 Å². The third-order valence-electron chi connectivity index (χ3n) is 6.01. The predicted octanol–water partition coefficient (Wildman–Crippen LogP) is 7.33. The Bertz CT molecular complexity index is 713. The molecular formula is C26H38O2. The first-order valence-electron chi connectivity index (χ1n) is 11.1. The predicted molar refractivity (Wildman–Crippen MR) is 120 cm³/mol. The molecule has 2 rings (SSSR count). The first kappa shape index (κ1) is 22.3. The molecule has 28 heavy (non-hydrogen) atoms. The summed E-state index contributed by atoms with van der Waals surface area (Å²) in [7, 11) is 0. The second-order valence-electron chi connectivity index (χ2n) is 8.19. The van der Waals surface area contributed by atoms with Crippen LogP contribution in [0.25, 0.3) is 0 Å². The Morgan fingerprint density at radius 3 is 1.46 bits per heavy atom. The van der Waals surface area contributed by atoms with Crippen LogP contribution < -0.4 is 0 Å². The van der Waals surface area contributed by atoms with Crippen molar-refractivity contribution in [2.24, 2.45) is 0 Å². The van der Waals surface area contributed by atoms with Crippen molar-refractivity contribution < 1.29 is 10.2 Å². The summed E-state index contributed by atoms with van der Waals surface area (Å²) in [6, 6.07) is 7.75. The van der Waals surface area contributed by atoms with Crippen molar-refractivity contribution in [3.8, 4) is 11.5 Å². The van der Waals surface area contributed by atoms with Crippen molar-refractivity contribution in [2.75, 3.05) is 0 Å². The molecule has 0 unspecified atom stereocenters. The molecule has 0 aliphatic heterocycles. The van der Waals surface area contributed by atoms with Crippen LogP contribution in [0, 0.1) is 13.8 Å². The van der Waals surface area contributed by atoms with Gasteiger partial charge in [-0.3, -0.25) is 0 Å². The molecule has 0 spiro atoms. The number of unbranched alkanes of at least 4 members (excludes halogenated alkanes) is 2. The molecule has 2 aromatic rings. The van der Waals surface area contributed by atoms with Gasteiger partial charge >= 0.3 is 0 Å². The molecule has 0 heterocycles. The number of aromatic hydroxyl groups is 2. The van der Waals surface area contributed by atoms with Crippen molar-refractivity contribution in [3.63, 3.8) is 0 Å². The fraction of sp³-hybridized carbons (Fsp3) is 0.538. The van der Waals surface area contributed by atoms with E-state index in [0.717, 1.165) is 51.4 Å². The topological polar surface area (TPSA) is 40.5 Å². The third-order valence-corrected chi connectivity index (χ3v) is 6.01. The first-order valence-corrected chi connectivity index (χ1v) is 11.1. The lowest BCUT2D eigenvalue weighted by Crippen LogP contribution is -2.09. The van der Waals surface area contributed by atoms with E-state index in [9.17, 15) is 10.2 Å². The molecule has 154 valence electrons. The highest BCUT2D eigenvalue weighted by molar-refractivity contribution is 5.51. The highest BCUT2D eigenvalue weighted by Crippen LogP contribution is 2.39. The van der Waals surface area contributed by atoms with Gasteiger partial charge in [0, 0.05) is 5.92 Å². The summed E-state index contributed by atoms with van der Waals surface area (Å²) < 4.78 is 0. The summed E-state index contributed by atoms with van der Waals surface area (Å²) in [5, 5.41) is 20.9. The van der Waals surface area contributed by atoms with Crippen molar-refractivity contribution in [3.05, 3.63) is 57.6 Å². The van der Waals surface area contributed by atoms with E-state index in [0.29, 0.717) is 11.5 Å². The zero-order chi connectivity index (χ0) is 20.7. The maximum absolute atomic E-state index is 10.4. The lowest BCUT2D eigenvalue weighted by atomic mass is 9.80. The smallest absolute Gasteiger partial charge is 0.116 e. The Balaban J connectivity index is 2.58. The fourth-order valence-electron chi connectivity index (χ4n) is 4.31. The number of rotatable bonds is 10. The SMILES string of the molecule is CCCCc1cc(O)cc(C(CCC)c2cc(O)cc(CCCC)c2C)c1C. The molecule has 0 atom stereocenters. The van der Waals surface area contributed by atoms with E-state index in [1.165, 1.54) is 33.4 Å². The molecule has 0 fully saturated rings. The summed E-state index contributed by atoms with van der Waals surface area (Å²) >= 11 is 0. The normalized spacial score (nSPS) is 11.4. The van der Waals surface area contributed by atoms with E-state index in [-0.39, 0.29) is 5.92 Å². The Morgan fingerprint density at radius 1 is 0.679 bits per heavy atom. The number of phenols is 2. The first-order chi connectivity index (χ1) is 13.4. The molecule has 2 heteroatoms. The van der Waals surface area contributed by atoms with Crippen LogP contribution in [0.1, 0.15) is 98.6 Å². The molecule has 2 nitrogen and oxygen atoms in total. The van der Waals surface area contributed by atoms with Crippen LogP contribution in [0.15, 0.2) is 24.3 Å². The number of aryl methyl sites for hydroxylation is 2. The molecule has 2 aromatic carbocycles. The number of phenolic OH excluding ortho intramolecular Hbond substituents is 2. The Labute approximate surface area is 171 Å². The standard InChI is InChI=1S/C26H38O2/c1-6-9-12-20-14-22(27)16-25(18(20)4)24(11-8-3)26-17-23(28)15-21(19(26)5)13-10-7-2/h14-17,24,27-28H,6-13H2,1-5H3. The monoisotopic (exact) mass is 382 g/mol. The molecule has 0 amide bonds. The summed E-state index contributed by atoms with van der Waals surface area (Å²) in [5.74, 6) is 0.915. The maximum Gasteiger partial charge on any atom is 0.116 e. The Morgan fingerprint density at radius 2 is 1.11 bits per heavy atom. The second-order valence-corrected chi connectivity index (χ2v) is 8.19. The van der Waals surface area contributed by atoms with Crippen LogP contribution in [0.5, 0.6) is 11.5 Å². The fourth-order valence-corrected chi connectivity index (χ4v) is 4.31. The van der Waals surface area contributed by atoms with Gasteiger partial charge in [-0.2, -0.15) is 0 Å². The molecule has 0 aromatic heterocycles. The van der Waals surface area contributed by atoms with Gasteiger partial charge in [-0.1, -0.05) is 40.0 Å². The van der Waals surface area contributed by atoms with E-state index in [4.69, 9.17) is 0 Å². The third kappa shape index (κ3) is 5.31. The van der Waals surface area contributed by atoms with E-state index >= 15 is 0 Å². The summed E-state index contributed by atoms with van der Waals surface area (Å²) in [4.78, 5) is 0. The van der Waals surface area contributed by atoms with Gasteiger partial charge in [-0.05, 0) is 104 Å². The summed E-state index contributed by atoms with van der Waals surface area (Å²) in [6.07, 6.45) is 8.64. The zero-order valence-corrected chi connectivity index (χ0v) is 18.4. The van der Waals surface area contributed by atoms with Crippen molar-refractivity contribution >= 4 is 0 Å². The molecule has 0 radical (unpaired) electrons. The number of hydrogen-bond donors (Lipinski definition) is 2. The molecule has 0 saturated heterocycles. The van der Waals surface area contributed by atoms with Crippen molar-refractivity contribution in [1.29, 1.82) is 0 Å². The Hall–Kier alpha value is -1.96. The largest absolute Gasteiger partial charge is 0.508 e. The second kappa shape index (κ2) is 10.5.